The van der Waals surface area contributed by atoms with Gasteiger partial charge < -0.3 is 5.11 Å². The van der Waals surface area contributed by atoms with Gasteiger partial charge in [-0.3, -0.25) is 9.69 Å². The zero-order valence-electron chi connectivity index (χ0n) is 14.4. The zero-order chi connectivity index (χ0) is 18.0. The highest BCUT2D eigenvalue weighted by molar-refractivity contribution is 8.18. The van der Waals surface area contributed by atoms with E-state index in [-0.39, 0.29) is 17.7 Å². The number of phenols is 1. The second-order valence-electron chi connectivity index (χ2n) is 6.17. The molecular weight excluding hydrogens is 332 g/mol. The van der Waals surface area contributed by atoms with E-state index in [0.29, 0.717) is 15.6 Å². The van der Waals surface area contributed by atoms with Crippen molar-refractivity contribution in [1.29, 1.82) is 0 Å². The molecule has 128 valence electrons. The number of amides is 1. The number of thioether (sulfide) groups is 1. The fourth-order valence-electron chi connectivity index (χ4n) is 2.50. The molecule has 1 fully saturated rings. The Balaban J connectivity index is 1.98. The Labute approximate surface area is 151 Å². The van der Waals surface area contributed by atoms with Crippen molar-refractivity contribution in [2.75, 3.05) is 0 Å². The van der Waals surface area contributed by atoms with Gasteiger partial charge in [-0.15, -0.1) is 0 Å². The number of hydrogen-bond donors (Lipinski definition) is 1. The number of rotatable bonds is 3. The first-order valence-electron chi connectivity index (χ1n) is 8.12. The van der Waals surface area contributed by atoms with E-state index < -0.39 is 0 Å². The molecule has 1 amide bonds. The molecule has 0 aliphatic carbocycles. The molecule has 25 heavy (non-hydrogen) atoms. The highest BCUT2D eigenvalue weighted by atomic mass is 32.2. The monoisotopic (exact) mass is 352 g/mol. The number of carbonyl (C=O) groups excluding carboxylic acids is 1. The molecule has 0 atom stereocenters. The van der Waals surface area contributed by atoms with Crippen molar-refractivity contribution in [3.63, 3.8) is 0 Å². The van der Waals surface area contributed by atoms with E-state index in [1.165, 1.54) is 17.3 Å². The first kappa shape index (κ1) is 17.3. The van der Waals surface area contributed by atoms with Gasteiger partial charge in [-0.2, -0.15) is 0 Å². The van der Waals surface area contributed by atoms with Crippen molar-refractivity contribution < 1.29 is 9.90 Å². The van der Waals surface area contributed by atoms with E-state index in [1.54, 1.807) is 29.2 Å². The minimum atomic E-state index is -0.0888. The van der Waals surface area contributed by atoms with Crippen LogP contribution in [-0.2, 0) is 4.79 Å². The number of aryl methyl sites for hydroxylation is 1. The van der Waals surface area contributed by atoms with Crippen LogP contribution in [0.1, 0.15) is 25.0 Å². The predicted molar refractivity (Wildman–Crippen MR) is 104 cm³/mol. The van der Waals surface area contributed by atoms with Crippen molar-refractivity contribution >= 4 is 34.6 Å². The molecular formula is C20H20N2O2S. The van der Waals surface area contributed by atoms with E-state index in [9.17, 15) is 9.90 Å². The van der Waals surface area contributed by atoms with Gasteiger partial charge >= 0.3 is 0 Å². The summed E-state index contributed by atoms with van der Waals surface area (Å²) in [5, 5.41) is 10.6. The first-order chi connectivity index (χ1) is 12.0. The number of benzene rings is 2. The van der Waals surface area contributed by atoms with Gasteiger partial charge in [0.1, 0.15) is 5.75 Å². The molecule has 5 heteroatoms. The Bertz CT molecular complexity index is 854. The number of carbonyl (C=O) groups is 1. The van der Waals surface area contributed by atoms with Crippen LogP contribution in [0.15, 0.2) is 58.4 Å². The lowest BCUT2D eigenvalue weighted by atomic mass is 10.2. The Morgan fingerprint density at radius 2 is 1.80 bits per heavy atom. The van der Waals surface area contributed by atoms with E-state index in [4.69, 9.17) is 0 Å². The standard InChI is InChI=1S/C20H20N2O2S/c1-13(2)22-19(24)18(12-15-6-4-5-7-17(15)23)25-20(22)21-16-10-8-14(3)9-11-16/h4-13,23H,1-3H3/b18-12+,21-20?. The SMILES string of the molecule is Cc1ccc(N=C2S/C(=C/c3ccccc3O)C(=O)N2C(C)C)cc1. The maximum Gasteiger partial charge on any atom is 0.266 e. The number of amidine groups is 1. The summed E-state index contributed by atoms with van der Waals surface area (Å²) in [6.45, 7) is 5.95. The minimum absolute atomic E-state index is 0.000492. The van der Waals surface area contributed by atoms with Gasteiger partial charge in [0, 0.05) is 11.6 Å². The first-order valence-corrected chi connectivity index (χ1v) is 8.94. The van der Waals surface area contributed by atoms with Gasteiger partial charge in [0.2, 0.25) is 0 Å². The second kappa shape index (κ2) is 7.15. The van der Waals surface area contributed by atoms with Crippen molar-refractivity contribution in [3.05, 3.63) is 64.6 Å². The van der Waals surface area contributed by atoms with Crippen LogP contribution in [-0.4, -0.2) is 27.1 Å². The Morgan fingerprint density at radius 3 is 2.44 bits per heavy atom. The number of phenolic OH excluding ortho intramolecular Hbond substituents is 1. The van der Waals surface area contributed by atoms with Gasteiger partial charge in [0.15, 0.2) is 5.17 Å². The van der Waals surface area contributed by atoms with Crippen LogP contribution in [0, 0.1) is 6.92 Å². The smallest absolute Gasteiger partial charge is 0.266 e. The van der Waals surface area contributed by atoms with Crippen LogP contribution >= 0.6 is 11.8 Å². The molecule has 4 nitrogen and oxygen atoms in total. The van der Waals surface area contributed by atoms with Gasteiger partial charge in [0.25, 0.3) is 5.91 Å². The molecule has 2 aromatic carbocycles. The number of nitrogens with zero attached hydrogens (tertiary/aromatic N) is 2. The summed E-state index contributed by atoms with van der Waals surface area (Å²) in [5.41, 5.74) is 2.61. The summed E-state index contributed by atoms with van der Waals surface area (Å²) in [7, 11) is 0. The van der Waals surface area contributed by atoms with Gasteiger partial charge in [-0.05, 0) is 56.8 Å². The van der Waals surface area contributed by atoms with E-state index in [1.807, 2.05) is 51.1 Å². The van der Waals surface area contributed by atoms with Crippen molar-refractivity contribution in [3.8, 4) is 5.75 Å². The fraction of sp³-hybridized carbons (Fsp3) is 0.200. The summed E-state index contributed by atoms with van der Waals surface area (Å²) in [5.74, 6) is 0.0672. The molecule has 0 aromatic heterocycles. The summed E-state index contributed by atoms with van der Waals surface area (Å²) >= 11 is 1.33. The lowest BCUT2D eigenvalue weighted by molar-refractivity contribution is -0.123. The highest BCUT2D eigenvalue weighted by Gasteiger charge is 2.35. The third-order valence-corrected chi connectivity index (χ3v) is 4.82. The summed E-state index contributed by atoms with van der Waals surface area (Å²) in [6.07, 6.45) is 1.72. The predicted octanol–water partition coefficient (Wildman–Crippen LogP) is 4.71. The van der Waals surface area contributed by atoms with Gasteiger partial charge in [-0.25, -0.2) is 4.99 Å². The number of aromatic hydroxyl groups is 1. The average Bonchev–Trinajstić information content (AvgIpc) is 2.87. The largest absolute Gasteiger partial charge is 0.507 e. The van der Waals surface area contributed by atoms with E-state index in [0.717, 1.165) is 5.69 Å². The summed E-state index contributed by atoms with van der Waals surface area (Å²) in [4.78, 5) is 19.7. The quantitative estimate of drug-likeness (QED) is 0.814. The Hall–Kier alpha value is -2.53. The zero-order valence-corrected chi connectivity index (χ0v) is 15.2. The number of aliphatic imine (C=N–C) groups is 1. The minimum Gasteiger partial charge on any atom is -0.507 e. The van der Waals surface area contributed by atoms with E-state index >= 15 is 0 Å². The normalized spacial score (nSPS) is 17.9. The molecule has 0 saturated carbocycles. The van der Waals surface area contributed by atoms with Crippen LogP contribution in [0.5, 0.6) is 5.75 Å². The summed E-state index contributed by atoms with van der Waals surface area (Å²) < 4.78 is 0. The highest BCUT2D eigenvalue weighted by Crippen LogP contribution is 2.36. The molecule has 2 aromatic rings. The third-order valence-electron chi connectivity index (χ3n) is 3.84. The number of para-hydroxylation sites is 1. The fourth-order valence-corrected chi connectivity index (χ4v) is 3.61. The van der Waals surface area contributed by atoms with Crippen LogP contribution in [0.3, 0.4) is 0 Å². The molecule has 3 rings (SSSR count). The average molecular weight is 352 g/mol. The summed E-state index contributed by atoms with van der Waals surface area (Å²) in [6, 6.07) is 14.9. The molecule has 0 unspecified atom stereocenters. The number of hydrogen-bond acceptors (Lipinski definition) is 4. The lowest BCUT2D eigenvalue weighted by Crippen LogP contribution is -2.35. The lowest BCUT2D eigenvalue weighted by Gasteiger charge is -2.19. The van der Waals surface area contributed by atoms with Crippen molar-refractivity contribution in [1.82, 2.24) is 4.90 Å². The van der Waals surface area contributed by atoms with Crippen molar-refractivity contribution in [2.45, 2.75) is 26.8 Å². The molecule has 1 heterocycles. The van der Waals surface area contributed by atoms with Gasteiger partial charge in [0.05, 0.1) is 10.6 Å². The molecule has 0 spiro atoms. The topological polar surface area (TPSA) is 52.9 Å². The Morgan fingerprint density at radius 1 is 1.12 bits per heavy atom. The van der Waals surface area contributed by atoms with Crippen LogP contribution < -0.4 is 0 Å². The maximum absolute atomic E-state index is 12.8. The molecule has 0 bridgehead atoms. The van der Waals surface area contributed by atoms with Crippen LogP contribution in [0.2, 0.25) is 0 Å². The molecule has 1 aliphatic heterocycles. The van der Waals surface area contributed by atoms with Crippen molar-refractivity contribution in [2.24, 2.45) is 4.99 Å². The van der Waals surface area contributed by atoms with Crippen LogP contribution in [0.25, 0.3) is 6.08 Å². The van der Waals surface area contributed by atoms with Crippen LogP contribution in [0.4, 0.5) is 5.69 Å². The second-order valence-corrected chi connectivity index (χ2v) is 7.18. The maximum atomic E-state index is 12.8. The molecule has 1 aliphatic rings. The third kappa shape index (κ3) is 3.77. The molecule has 1 N–H and O–H groups in total. The van der Waals surface area contributed by atoms with E-state index in [2.05, 4.69) is 4.99 Å². The molecule has 1 saturated heterocycles. The Kier molecular flexibility index (Phi) is 4.95. The van der Waals surface area contributed by atoms with Gasteiger partial charge in [-0.1, -0.05) is 35.9 Å². The molecule has 0 radical (unpaired) electrons.